The van der Waals surface area contributed by atoms with E-state index in [1.807, 2.05) is 30.3 Å². The van der Waals surface area contributed by atoms with E-state index in [0.717, 1.165) is 23.6 Å². The average molecular weight is 367 g/mol. The Bertz CT molecular complexity index is 900. The summed E-state index contributed by atoms with van der Waals surface area (Å²) < 4.78 is 6.22. The molecule has 3 N–H and O–H groups in total. The average Bonchev–Trinajstić information content (AvgIpc) is 3.14. The molecule has 0 spiro atoms. The molecule has 3 heterocycles. The van der Waals surface area contributed by atoms with E-state index in [0.29, 0.717) is 24.7 Å². The van der Waals surface area contributed by atoms with Crippen molar-refractivity contribution in [1.29, 1.82) is 0 Å². The minimum Gasteiger partial charge on any atom is -0.472 e. The molecule has 2 saturated heterocycles. The van der Waals surface area contributed by atoms with E-state index in [1.165, 1.54) is 6.08 Å². The van der Waals surface area contributed by atoms with Gasteiger partial charge in [0.2, 0.25) is 11.8 Å². The lowest BCUT2D eigenvalue weighted by atomic mass is 10.1. The lowest BCUT2D eigenvalue weighted by Crippen LogP contribution is -2.43. The molecule has 140 valence electrons. The summed E-state index contributed by atoms with van der Waals surface area (Å²) in [5.74, 6) is 0.419. The van der Waals surface area contributed by atoms with Crippen LogP contribution in [0.3, 0.4) is 0 Å². The number of hydrazine groups is 1. The number of urea groups is 1. The molecule has 27 heavy (non-hydrogen) atoms. The molecule has 4 rings (SSSR count). The molecule has 1 aromatic heterocycles. The van der Waals surface area contributed by atoms with Gasteiger partial charge in [-0.3, -0.25) is 10.2 Å². The summed E-state index contributed by atoms with van der Waals surface area (Å²) in [6.07, 6.45) is 2.47. The van der Waals surface area contributed by atoms with E-state index in [-0.39, 0.29) is 18.0 Å². The van der Waals surface area contributed by atoms with Crippen LogP contribution in [-0.4, -0.2) is 41.0 Å². The highest BCUT2D eigenvalue weighted by molar-refractivity contribution is 5.88. The van der Waals surface area contributed by atoms with Gasteiger partial charge < -0.3 is 15.0 Å². The number of carbonyl (C=O) groups excluding carboxylic acids is 2. The summed E-state index contributed by atoms with van der Waals surface area (Å²) in [7, 11) is 0. The number of carbonyl (C=O) groups is 2. The van der Waals surface area contributed by atoms with Crippen LogP contribution in [0.4, 0.5) is 4.79 Å². The Labute approximate surface area is 156 Å². The van der Waals surface area contributed by atoms with Crippen LogP contribution in [0.5, 0.6) is 5.88 Å². The van der Waals surface area contributed by atoms with Crippen LogP contribution in [0.1, 0.15) is 24.7 Å². The number of likely N-dealkylation sites (tertiary alicyclic amines) is 1. The highest BCUT2D eigenvalue weighted by atomic mass is 16.5. The number of piperidine rings is 1. The molecule has 0 aliphatic carbocycles. The van der Waals surface area contributed by atoms with E-state index in [1.54, 1.807) is 4.90 Å². The van der Waals surface area contributed by atoms with Gasteiger partial charge in [-0.05, 0) is 36.4 Å². The first-order chi connectivity index (χ1) is 13.1. The normalized spacial score (nSPS) is 22.2. The third kappa shape index (κ3) is 3.56. The van der Waals surface area contributed by atoms with Crippen LogP contribution in [0.15, 0.2) is 43.0 Å². The Hall–Kier alpha value is -3.13. The molecule has 2 atom stereocenters. The number of ether oxygens (including phenoxy) is 1. The third-order valence-electron chi connectivity index (χ3n) is 4.77. The molecular formula is C19H21N5O3. The van der Waals surface area contributed by atoms with Gasteiger partial charge >= 0.3 is 6.03 Å². The standard InChI is InChI=1S/C19H21N5O3/c1-2-16(25)24-9-5-7-13(11-24)27-18-14-8-4-3-6-12(14)10-15(20-18)17-21-19(26)23-22-17/h2-4,6,8,10,13,17,22H,1,5,7,9,11H2,(H2,21,23,26)/t13-,17?/m0/s1. The SMILES string of the molecule is C=CC(=O)N1CCC[C@H](Oc2nc(C3NNC(=O)N3)cc3ccccc23)C1. The van der Waals surface area contributed by atoms with Gasteiger partial charge in [0.1, 0.15) is 12.3 Å². The number of hydrogen-bond donors (Lipinski definition) is 3. The number of amides is 3. The third-order valence-corrected chi connectivity index (χ3v) is 4.77. The zero-order valence-corrected chi connectivity index (χ0v) is 14.8. The van der Waals surface area contributed by atoms with E-state index in [9.17, 15) is 9.59 Å². The van der Waals surface area contributed by atoms with E-state index >= 15 is 0 Å². The Morgan fingerprint density at radius 3 is 3.00 bits per heavy atom. The van der Waals surface area contributed by atoms with Crippen molar-refractivity contribution in [2.45, 2.75) is 25.1 Å². The van der Waals surface area contributed by atoms with Crippen LogP contribution >= 0.6 is 0 Å². The fraction of sp³-hybridized carbons (Fsp3) is 0.316. The monoisotopic (exact) mass is 367 g/mol. The number of nitrogens with zero attached hydrogens (tertiary/aromatic N) is 2. The second kappa shape index (κ2) is 7.24. The topological polar surface area (TPSA) is 95.6 Å². The first-order valence-electron chi connectivity index (χ1n) is 8.94. The van der Waals surface area contributed by atoms with E-state index in [2.05, 4.69) is 27.7 Å². The lowest BCUT2D eigenvalue weighted by Gasteiger charge is -2.32. The summed E-state index contributed by atoms with van der Waals surface area (Å²) >= 11 is 0. The smallest absolute Gasteiger partial charge is 0.330 e. The fourth-order valence-electron chi connectivity index (χ4n) is 3.43. The zero-order valence-electron chi connectivity index (χ0n) is 14.8. The van der Waals surface area contributed by atoms with Crippen molar-refractivity contribution >= 4 is 22.7 Å². The summed E-state index contributed by atoms with van der Waals surface area (Å²) in [5, 5.41) is 4.61. The van der Waals surface area contributed by atoms with Crippen molar-refractivity contribution in [3.63, 3.8) is 0 Å². The maximum absolute atomic E-state index is 11.9. The van der Waals surface area contributed by atoms with Crippen LogP contribution in [0.2, 0.25) is 0 Å². The number of benzene rings is 1. The predicted octanol–water partition coefficient (Wildman–Crippen LogP) is 1.61. The molecule has 8 heteroatoms. The minimum atomic E-state index is -0.436. The first kappa shape index (κ1) is 17.3. The number of nitrogens with one attached hydrogen (secondary N) is 3. The van der Waals surface area contributed by atoms with Gasteiger partial charge in [-0.25, -0.2) is 15.2 Å². The summed E-state index contributed by atoms with van der Waals surface area (Å²) in [6.45, 7) is 4.77. The molecule has 1 unspecified atom stereocenters. The Kier molecular flexibility index (Phi) is 4.64. The molecule has 2 aliphatic rings. The van der Waals surface area contributed by atoms with Gasteiger partial charge in [0, 0.05) is 11.9 Å². The second-order valence-electron chi connectivity index (χ2n) is 6.62. The van der Waals surface area contributed by atoms with Crippen molar-refractivity contribution in [1.82, 2.24) is 26.1 Å². The molecule has 1 aromatic carbocycles. The van der Waals surface area contributed by atoms with Crippen LogP contribution in [0.25, 0.3) is 10.8 Å². The quantitative estimate of drug-likeness (QED) is 0.714. The van der Waals surface area contributed by atoms with Gasteiger partial charge in [0.15, 0.2) is 0 Å². The van der Waals surface area contributed by atoms with Gasteiger partial charge in [-0.2, -0.15) is 0 Å². The van der Waals surface area contributed by atoms with Crippen molar-refractivity contribution in [3.05, 3.63) is 48.7 Å². The molecule has 2 fully saturated rings. The van der Waals surface area contributed by atoms with Gasteiger partial charge in [-0.15, -0.1) is 0 Å². The molecule has 2 aliphatic heterocycles. The number of fused-ring (bicyclic) bond motifs is 1. The number of pyridine rings is 1. The van der Waals surface area contributed by atoms with E-state index < -0.39 is 6.17 Å². The Balaban J connectivity index is 1.63. The largest absolute Gasteiger partial charge is 0.472 e. The minimum absolute atomic E-state index is 0.0844. The molecule has 0 radical (unpaired) electrons. The van der Waals surface area contributed by atoms with Crippen LogP contribution < -0.4 is 20.9 Å². The lowest BCUT2D eigenvalue weighted by molar-refractivity contribution is -0.128. The molecule has 0 bridgehead atoms. The Morgan fingerprint density at radius 2 is 2.22 bits per heavy atom. The van der Waals surface area contributed by atoms with Gasteiger partial charge in [0.05, 0.1) is 12.2 Å². The van der Waals surface area contributed by atoms with Gasteiger partial charge in [-0.1, -0.05) is 24.8 Å². The summed E-state index contributed by atoms with van der Waals surface area (Å²) in [5.41, 5.74) is 6.01. The summed E-state index contributed by atoms with van der Waals surface area (Å²) in [4.78, 5) is 29.7. The summed E-state index contributed by atoms with van der Waals surface area (Å²) in [6, 6.07) is 9.43. The molecule has 2 aromatic rings. The molecular weight excluding hydrogens is 346 g/mol. The molecule has 0 saturated carbocycles. The fourth-order valence-corrected chi connectivity index (χ4v) is 3.43. The van der Waals surface area contributed by atoms with Crippen LogP contribution in [0, 0.1) is 0 Å². The van der Waals surface area contributed by atoms with E-state index in [4.69, 9.17) is 4.74 Å². The highest BCUT2D eigenvalue weighted by Crippen LogP contribution is 2.29. The maximum Gasteiger partial charge on any atom is 0.330 e. The molecule has 3 amide bonds. The van der Waals surface area contributed by atoms with Crippen molar-refractivity contribution in [3.8, 4) is 5.88 Å². The zero-order chi connectivity index (χ0) is 18.8. The second-order valence-corrected chi connectivity index (χ2v) is 6.62. The number of aromatic nitrogens is 1. The van der Waals surface area contributed by atoms with Crippen molar-refractivity contribution < 1.29 is 14.3 Å². The maximum atomic E-state index is 11.9. The predicted molar refractivity (Wildman–Crippen MR) is 99.7 cm³/mol. The Morgan fingerprint density at radius 1 is 1.37 bits per heavy atom. The molecule has 8 nitrogen and oxygen atoms in total. The number of rotatable bonds is 4. The van der Waals surface area contributed by atoms with Crippen LogP contribution in [-0.2, 0) is 4.79 Å². The van der Waals surface area contributed by atoms with Gasteiger partial charge in [0.25, 0.3) is 0 Å². The highest BCUT2D eigenvalue weighted by Gasteiger charge is 2.27. The van der Waals surface area contributed by atoms with Crippen molar-refractivity contribution in [2.75, 3.05) is 13.1 Å². The number of hydrogen-bond acceptors (Lipinski definition) is 5. The first-order valence-corrected chi connectivity index (χ1v) is 8.94. The van der Waals surface area contributed by atoms with Crippen molar-refractivity contribution in [2.24, 2.45) is 0 Å².